The molecule has 0 aliphatic heterocycles. The van der Waals surface area contributed by atoms with E-state index in [1.54, 1.807) is 11.1 Å². The predicted octanol–water partition coefficient (Wildman–Crippen LogP) is 6.05. The molecular weight excluding hydrogens is 346 g/mol. The third-order valence-electron chi connectivity index (χ3n) is 6.15. The first kappa shape index (κ1) is 24.7. The molecule has 0 heterocycles. The van der Waals surface area contributed by atoms with Crippen molar-refractivity contribution in [2.45, 2.75) is 90.9 Å². The zero-order valence-corrected chi connectivity index (χ0v) is 18.8. The summed E-state index contributed by atoms with van der Waals surface area (Å²) in [6.45, 7) is 11.2. The summed E-state index contributed by atoms with van der Waals surface area (Å²) in [7, 11) is 0. The molecule has 1 aliphatic rings. The van der Waals surface area contributed by atoms with Crippen molar-refractivity contribution in [3.63, 3.8) is 0 Å². The molecule has 0 saturated carbocycles. The number of rotatable bonds is 13. The number of hydrogen-bond donors (Lipinski definition) is 1. The molecule has 0 radical (unpaired) electrons. The normalized spacial score (nSPS) is 15.3. The van der Waals surface area contributed by atoms with E-state index in [0.717, 1.165) is 45.4 Å². The molecule has 1 aromatic carbocycles. The van der Waals surface area contributed by atoms with E-state index in [1.807, 2.05) is 6.92 Å². The molecule has 160 valence electrons. The molecule has 28 heavy (non-hydrogen) atoms. The van der Waals surface area contributed by atoms with Gasteiger partial charge in [0.25, 0.3) is 0 Å². The van der Waals surface area contributed by atoms with E-state index >= 15 is 0 Å². The first-order chi connectivity index (χ1) is 13.7. The van der Waals surface area contributed by atoms with Crippen LogP contribution in [-0.4, -0.2) is 26.2 Å². The van der Waals surface area contributed by atoms with Crippen molar-refractivity contribution in [1.82, 2.24) is 5.32 Å². The lowest BCUT2D eigenvalue weighted by Crippen LogP contribution is -2.22. The van der Waals surface area contributed by atoms with Gasteiger partial charge >= 0.3 is 0 Å². The Balaban J connectivity index is 0.000000284. The van der Waals surface area contributed by atoms with Gasteiger partial charge in [-0.2, -0.15) is 0 Å². The van der Waals surface area contributed by atoms with Crippen LogP contribution >= 0.6 is 0 Å². The fraction of sp³-hybridized carbons (Fsp3) is 0.720. The van der Waals surface area contributed by atoms with Gasteiger partial charge < -0.3 is 10.1 Å². The number of carbonyl (C=O) groups excluding carboxylic acids is 1. The van der Waals surface area contributed by atoms with E-state index in [-0.39, 0.29) is 0 Å². The summed E-state index contributed by atoms with van der Waals surface area (Å²) in [5.41, 5.74) is 3.80. The minimum absolute atomic E-state index is 0.528. The van der Waals surface area contributed by atoms with Crippen LogP contribution in [-0.2, 0) is 21.4 Å². The van der Waals surface area contributed by atoms with Crippen LogP contribution in [0.3, 0.4) is 0 Å². The lowest BCUT2D eigenvalue weighted by molar-refractivity contribution is -0.109. The Bertz CT molecular complexity index is 518. The maximum atomic E-state index is 10.00. The number of carbonyl (C=O) groups is 1. The summed E-state index contributed by atoms with van der Waals surface area (Å²) in [4.78, 5) is 10.00. The zero-order valence-electron chi connectivity index (χ0n) is 18.8. The van der Waals surface area contributed by atoms with E-state index in [2.05, 4.69) is 50.4 Å². The van der Waals surface area contributed by atoms with Crippen LogP contribution in [0.4, 0.5) is 0 Å². The van der Waals surface area contributed by atoms with Crippen LogP contribution in [0, 0.1) is 5.92 Å². The molecule has 0 aromatic heterocycles. The average Bonchev–Trinajstić information content (AvgIpc) is 3.07. The number of ether oxygens (including phenoxy) is 1. The molecule has 1 aliphatic carbocycles. The van der Waals surface area contributed by atoms with E-state index in [1.165, 1.54) is 38.5 Å². The monoisotopic (exact) mass is 389 g/mol. The first-order valence-corrected chi connectivity index (χ1v) is 11.5. The van der Waals surface area contributed by atoms with E-state index in [9.17, 15) is 4.79 Å². The highest BCUT2D eigenvalue weighted by Crippen LogP contribution is 2.45. The second-order valence-corrected chi connectivity index (χ2v) is 8.06. The molecule has 3 heteroatoms. The summed E-state index contributed by atoms with van der Waals surface area (Å²) in [6.07, 6.45) is 12.1. The molecule has 1 unspecified atom stereocenters. The molecule has 0 spiro atoms. The third kappa shape index (κ3) is 7.95. The van der Waals surface area contributed by atoms with Crippen molar-refractivity contribution in [3.8, 4) is 0 Å². The van der Waals surface area contributed by atoms with E-state index in [0.29, 0.717) is 11.3 Å². The highest BCUT2D eigenvalue weighted by molar-refractivity contribution is 5.45. The molecule has 0 bridgehead atoms. The quantitative estimate of drug-likeness (QED) is 0.329. The fourth-order valence-corrected chi connectivity index (χ4v) is 4.66. The van der Waals surface area contributed by atoms with E-state index in [4.69, 9.17) is 4.74 Å². The van der Waals surface area contributed by atoms with Crippen LogP contribution in [0.5, 0.6) is 0 Å². The number of fused-ring (bicyclic) bond motifs is 1. The minimum Gasteiger partial charge on any atom is -0.382 e. The number of hydrogen-bond acceptors (Lipinski definition) is 2. The van der Waals surface area contributed by atoms with Crippen LogP contribution < -0.4 is 5.32 Å². The molecule has 0 saturated heterocycles. The van der Waals surface area contributed by atoms with Crippen molar-refractivity contribution in [2.75, 3.05) is 19.8 Å². The van der Waals surface area contributed by atoms with Crippen LogP contribution in [0.1, 0.15) is 90.2 Å². The highest BCUT2D eigenvalue weighted by atomic mass is 16.5. The SMILES string of the molecule is CCCC1(CCC)CCc2ccccc21.CCOCCC(CC)CCNC=O. The van der Waals surface area contributed by atoms with Crippen molar-refractivity contribution in [3.05, 3.63) is 35.4 Å². The molecule has 1 atom stereocenters. The largest absolute Gasteiger partial charge is 0.382 e. The maximum Gasteiger partial charge on any atom is 0.207 e. The molecule has 1 amide bonds. The van der Waals surface area contributed by atoms with Gasteiger partial charge in [0.1, 0.15) is 0 Å². The van der Waals surface area contributed by atoms with Gasteiger partial charge in [-0.1, -0.05) is 64.3 Å². The Kier molecular flexibility index (Phi) is 12.9. The van der Waals surface area contributed by atoms with Gasteiger partial charge in [0.15, 0.2) is 0 Å². The average molecular weight is 390 g/mol. The molecule has 3 nitrogen and oxygen atoms in total. The standard InChI is InChI=1S/C15H22.C10H21NO2/c1-3-10-15(11-4-2)12-9-13-7-5-6-8-14(13)15;1-3-10(5-7-11-9-12)6-8-13-4-2/h5-8H,3-4,9-12H2,1-2H3;9-10H,3-8H2,1-2H3,(H,11,12). The van der Waals surface area contributed by atoms with Crippen LogP contribution in [0.2, 0.25) is 0 Å². The van der Waals surface area contributed by atoms with Gasteiger partial charge in [-0.25, -0.2) is 0 Å². The van der Waals surface area contributed by atoms with Crippen molar-refractivity contribution in [1.29, 1.82) is 0 Å². The summed E-state index contributed by atoms with van der Waals surface area (Å²) < 4.78 is 5.28. The number of benzene rings is 1. The second-order valence-electron chi connectivity index (χ2n) is 8.06. The maximum absolute atomic E-state index is 10.00. The third-order valence-corrected chi connectivity index (χ3v) is 6.15. The lowest BCUT2D eigenvalue weighted by Gasteiger charge is -2.30. The summed E-state index contributed by atoms with van der Waals surface area (Å²) in [5, 5.41) is 2.68. The Morgan fingerprint density at radius 3 is 2.43 bits per heavy atom. The first-order valence-electron chi connectivity index (χ1n) is 11.5. The Labute approximate surface area is 173 Å². The zero-order chi connectivity index (χ0) is 20.7. The fourth-order valence-electron chi connectivity index (χ4n) is 4.66. The summed E-state index contributed by atoms with van der Waals surface area (Å²) >= 11 is 0. The Morgan fingerprint density at radius 2 is 1.82 bits per heavy atom. The predicted molar refractivity (Wildman–Crippen MR) is 120 cm³/mol. The summed E-state index contributed by atoms with van der Waals surface area (Å²) in [5.74, 6) is 0.680. The smallest absolute Gasteiger partial charge is 0.207 e. The van der Waals surface area contributed by atoms with Crippen LogP contribution in [0.15, 0.2) is 24.3 Å². The van der Waals surface area contributed by atoms with Crippen LogP contribution in [0.25, 0.3) is 0 Å². The number of aryl methyl sites for hydroxylation is 1. The van der Waals surface area contributed by atoms with Gasteiger partial charge in [0.05, 0.1) is 0 Å². The number of amides is 1. The van der Waals surface area contributed by atoms with Crippen molar-refractivity contribution < 1.29 is 9.53 Å². The van der Waals surface area contributed by atoms with Gasteiger partial charge in [-0.15, -0.1) is 0 Å². The van der Waals surface area contributed by atoms with E-state index < -0.39 is 0 Å². The topological polar surface area (TPSA) is 38.3 Å². The molecule has 0 fully saturated rings. The highest BCUT2D eigenvalue weighted by Gasteiger charge is 2.36. The Morgan fingerprint density at radius 1 is 1.11 bits per heavy atom. The molecule has 1 N–H and O–H groups in total. The minimum atomic E-state index is 0.528. The van der Waals surface area contributed by atoms with Gasteiger partial charge in [-0.3, -0.25) is 4.79 Å². The second kappa shape index (κ2) is 14.6. The van der Waals surface area contributed by atoms with Crippen molar-refractivity contribution in [2.24, 2.45) is 5.92 Å². The molecular formula is C25H43NO2. The Hall–Kier alpha value is -1.35. The molecule has 1 aromatic rings. The van der Waals surface area contributed by atoms with Gasteiger partial charge in [0.2, 0.25) is 6.41 Å². The summed E-state index contributed by atoms with van der Waals surface area (Å²) in [6, 6.07) is 9.09. The lowest BCUT2D eigenvalue weighted by atomic mass is 9.74. The van der Waals surface area contributed by atoms with Crippen molar-refractivity contribution >= 4 is 6.41 Å². The van der Waals surface area contributed by atoms with Gasteiger partial charge in [-0.05, 0) is 67.9 Å². The molecule has 2 rings (SSSR count). The van der Waals surface area contributed by atoms with Gasteiger partial charge in [0, 0.05) is 19.8 Å². The number of nitrogens with one attached hydrogen (secondary N) is 1.